The van der Waals surface area contributed by atoms with Crippen molar-refractivity contribution >= 4 is 47.0 Å². The second-order valence-corrected chi connectivity index (χ2v) is 7.91. The summed E-state index contributed by atoms with van der Waals surface area (Å²) >= 11 is 12.5. The predicted molar refractivity (Wildman–Crippen MR) is 121 cm³/mol. The summed E-state index contributed by atoms with van der Waals surface area (Å²) in [5.74, 6) is -0.946. The van der Waals surface area contributed by atoms with Gasteiger partial charge in [0.2, 0.25) is 5.91 Å². The van der Waals surface area contributed by atoms with Crippen LogP contribution in [0.4, 0.5) is 10.1 Å². The Bertz CT molecular complexity index is 968. The molecule has 1 aliphatic heterocycles. The third kappa shape index (κ3) is 5.36. The molecule has 0 saturated heterocycles. The van der Waals surface area contributed by atoms with Crippen molar-refractivity contribution in [3.05, 3.63) is 64.7 Å². The van der Waals surface area contributed by atoms with E-state index < -0.39 is 17.1 Å². The summed E-state index contributed by atoms with van der Waals surface area (Å²) in [6.07, 6.45) is 8.03. The number of amidine groups is 1. The first-order valence-electron chi connectivity index (χ1n) is 9.45. The average molecular weight is 450 g/mol. The van der Waals surface area contributed by atoms with Crippen LogP contribution in [0.2, 0.25) is 5.02 Å². The lowest BCUT2D eigenvalue weighted by molar-refractivity contribution is -0.115. The fourth-order valence-electron chi connectivity index (χ4n) is 2.95. The number of amides is 1. The first-order valence-corrected chi connectivity index (χ1v) is 10.3. The Kier molecular flexibility index (Phi) is 7.42. The van der Waals surface area contributed by atoms with Crippen molar-refractivity contribution < 1.29 is 9.18 Å². The molecule has 0 radical (unpaired) electrons. The Morgan fingerprint density at radius 3 is 2.90 bits per heavy atom. The number of aliphatic imine (C=N–C) groups is 2. The maximum absolute atomic E-state index is 14.3. The second-order valence-electron chi connectivity index (χ2n) is 7.03. The van der Waals surface area contributed by atoms with Gasteiger partial charge in [-0.15, -0.1) is 11.6 Å². The number of alkyl halides is 1. The highest BCUT2D eigenvalue weighted by atomic mass is 35.5. The maximum atomic E-state index is 14.3. The number of benzene rings is 1. The maximum Gasteiger partial charge on any atom is 0.247 e. The van der Waals surface area contributed by atoms with Gasteiger partial charge in [-0.1, -0.05) is 37.6 Å². The van der Waals surface area contributed by atoms with Gasteiger partial charge in [0.05, 0.1) is 27.7 Å². The number of carbonyl (C=O) groups excluding carboxylic acids is 1. The lowest BCUT2D eigenvalue weighted by atomic mass is 9.91. The van der Waals surface area contributed by atoms with Crippen LogP contribution in [0.3, 0.4) is 0 Å². The number of nitrogens with zero attached hydrogens (tertiary/aromatic N) is 2. The molecule has 1 aliphatic carbocycles. The highest BCUT2D eigenvalue weighted by Gasteiger charge is 2.35. The SMILES string of the molecule is CC(C)NC/C=C/C(=O)NC1=CC=C2N=CN=C(Nc3cccc(Cl)c3F)C2C1Cl. The summed E-state index contributed by atoms with van der Waals surface area (Å²) in [5.41, 5.74) is 1.35. The molecule has 1 heterocycles. The number of anilines is 1. The summed E-state index contributed by atoms with van der Waals surface area (Å²) in [4.78, 5) is 20.7. The molecule has 3 N–H and O–H groups in total. The third-order valence-electron chi connectivity index (χ3n) is 4.44. The van der Waals surface area contributed by atoms with Gasteiger partial charge in [0, 0.05) is 24.4 Å². The standard InChI is InChI=1S/C21H22Cl2FN5O/c1-12(2)25-10-4-7-17(30)28-15-9-8-14-18(19(15)23)21(27-11-26-14)29-16-6-3-5-13(22)20(16)24/h3-9,11-12,18-19,25H,10H2,1-2H3,(H,28,30)(H,26,27,29)/b7-4+. The highest BCUT2D eigenvalue weighted by molar-refractivity contribution is 6.31. The molecule has 30 heavy (non-hydrogen) atoms. The van der Waals surface area contributed by atoms with Crippen molar-refractivity contribution in [1.82, 2.24) is 10.6 Å². The van der Waals surface area contributed by atoms with E-state index in [1.165, 1.54) is 18.5 Å². The van der Waals surface area contributed by atoms with Gasteiger partial charge in [-0.3, -0.25) is 4.79 Å². The molecule has 0 aromatic heterocycles. The smallest absolute Gasteiger partial charge is 0.247 e. The van der Waals surface area contributed by atoms with Crippen LogP contribution in [-0.2, 0) is 4.79 Å². The van der Waals surface area contributed by atoms with Crippen molar-refractivity contribution in [2.45, 2.75) is 25.3 Å². The lowest BCUT2D eigenvalue weighted by Crippen LogP contribution is -2.40. The molecule has 0 bridgehead atoms. The minimum absolute atomic E-state index is 0.00139. The third-order valence-corrected chi connectivity index (χ3v) is 5.21. The summed E-state index contributed by atoms with van der Waals surface area (Å²) in [6.45, 7) is 4.64. The average Bonchev–Trinajstić information content (AvgIpc) is 2.71. The molecule has 1 aromatic rings. The predicted octanol–water partition coefficient (Wildman–Crippen LogP) is 4.01. The van der Waals surface area contributed by atoms with Crippen LogP contribution in [0, 0.1) is 11.7 Å². The van der Waals surface area contributed by atoms with Crippen LogP contribution in [-0.4, -0.2) is 36.0 Å². The van der Waals surface area contributed by atoms with Crippen molar-refractivity contribution in [3.63, 3.8) is 0 Å². The van der Waals surface area contributed by atoms with E-state index in [0.717, 1.165) is 0 Å². The van der Waals surface area contributed by atoms with Gasteiger partial charge in [0.15, 0.2) is 5.82 Å². The Hall–Kier alpha value is -2.48. The molecule has 0 fully saturated rings. The number of allylic oxidation sites excluding steroid dienone is 3. The molecular formula is C21H22Cl2FN5O. The van der Waals surface area contributed by atoms with E-state index in [0.29, 0.717) is 29.8 Å². The molecule has 0 spiro atoms. The summed E-state index contributed by atoms with van der Waals surface area (Å²) in [5, 5.41) is 8.29. The minimum Gasteiger partial charge on any atom is -0.341 e. The van der Waals surface area contributed by atoms with Crippen LogP contribution < -0.4 is 16.0 Å². The second kappa shape index (κ2) is 10.0. The van der Waals surface area contributed by atoms with Crippen molar-refractivity contribution in [2.75, 3.05) is 11.9 Å². The lowest BCUT2D eigenvalue weighted by Gasteiger charge is -2.31. The fraction of sp³-hybridized carbons (Fsp3) is 0.286. The zero-order chi connectivity index (χ0) is 21.7. The van der Waals surface area contributed by atoms with Crippen molar-refractivity contribution in [3.8, 4) is 0 Å². The minimum atomic E-state index is -0.651. The van der Waals surface area contributed by atoms with Crippen LogP contribution in [0.1, 0.15) is 13.8 Å². The van der Waals surface area contributed by atoms with E-state index in [4.69, 9.17) is 23.2 Å². The van der Waals surface area contributed by atoms with Crippen LogP contribution in [0.25, 0.3) is 0 Å². The molecule has 2 unspecified atom stereocenters. The first-order chi connectivity index (χ1) is 14.4. The number of fused-ring (bicyclic) bond motifs is 1. The summed E-state index contributed by atoms with van der Waals surface area (Å²) in [7, 11) is 0. The zero-order valence-electron chi connectivity index (χ0n) is 16.5. The Labute approximate surface area is 184 Å². The van der Waals surface area contributed by atoms with Gasteiger partial charge in [0.1, 0.15) is 12.2 Å². The summed E-state index contributed by atoms with van der Waals surface area (Å²) < 4.78 is 14.3. The Balaban J connectivity index is 1.72. The number of rotatable bonds is 6. The normalized spacial score (nSPS) is 20.5. The Morgan fingerprint density at radius 2 is 2.13 bits per heavy atom. The van der Waals surface area contributed by atoms with Crippen LogP contribution in [0.5, 0.6) is 0 Å². The van der Waals surface area contributed by atoms with E-state index in [1.54, 1.807) is 30.4 Å². The number of nitrogens with one attached hydrogen (secondary N) is 3. The number of hydrogen-bond acceptors (Lipinski definition) is 5. The van der Waals surface area contributed by atoms with E-state index >= 15 is 0 Å². The molecule has 1 amide bonds. The van der Waals surface area contributed by atoms with E-state index in [-0.39, 0.29) is 16.6 Å². The molecule has 2 atom stereocenters. The van der Waals surface area contributed by atoms with Gasteiger partial charge < -0.3 is 16.0 Å². The van der Waals surface area contributed by atoms with E-state index in [1.807, 2.05) is 13.8 Å². The van der Waals surface area contributed by atoms with Gasteiger partial charge >= 0.3 is 0 Å². The number of hydrogen-bond donors (Lipinski definition) is 3. The molecule has 9 heteroatoms. The zero-order valence-corrected chi connectivity index (χ0v) is 18.0. The quantitative estimate of drug-likeness (QED) is 0.453. The topological polar surface area (TPSA) is 77.9 Å². The molecular weight excluding hydrogens is 428 g/mol. The number of carbonyl (C=O) groups is 1. The van der Waals surface area contributed by atoms with Gasteiger partial charge in [-0.2, -0.15) is 0 Å². The Morgan fingerprint density at radius 1 is 1.33 bits per heavy atom. The van der Waals surface area contributed by atoms with Gasteiger partial charge in [0.25, 0.3) is 0 Å². The van der Waals surface area contributed by atoms with Crippen LogP contribution >= 0.6 is 23.2 Å². The molecule has 6 nitrogen and oxygen atoms in total. The van der Waals surface area contributed by atoms with Gasteiger partial charge in [-0.05, 0) is 24.3 Å². The van der Waals surface area contributed by atoms with Crippen molar-refractivity contribution in [1.29, 1.82) is 0 Å². The molecule has 0 saturated carbocycles. The monoisotopic (exact) mass is 449 g/mol. The molecule has 2 aliphatic rings. The largest absolute Gasteiger partial charge is 0.341 e. The molecule has 3 rings (SSSR count). The summed E-state index contributed by atoms with van der Waals surface area (Å²) in [6, 6.07) is 4.98. The highest BCUT2D eigenvalue weighted by Crippen LogP contribution is 2.34. The fourth-order valence-corrected chi connectivity index (χ4v) is 3.50. The number of halogens is 3. The van der Waals surface area contributed by atoms with E-state index in [2.05, 4.69) is 25.9 Å². The molecule has 1 aromatic carbocycles. The van der Waals surface area contributed by atoms with Crippen LogP contribution in [0.15, 0.2) is 63.9 Å². The molecule has 158 valence electrons. The van der Waals surface area contributed by atoms with Crippen molar-refractivity contribution in [2.24, 2.45) is 15.9 Å². The first kappa shape index (κ1) is 22.2. The van der Waals surface area contributed by atoms with Gasteiger partial charge in [-0.25, -0.2) is 14.4 Å². The van der Waals surface area contributed by atoms with E-state index in [9.17, 15) is 9.18 Å².